The van der Waals surface area contributed by atoms with Gasteiger partial charge in [0.25, 0.3) is 5.91 Å². The fraction of sp³-hybridized carbons (Fsp3) is 0.227. The van der Waals surface area contributed by atoms with Gasteiger partial charge in [-0.2, -0.15) is 13.2 Å². The van der Waals surface area contributed by atoms with Crippen LogP contribution in [0.2, 0.25) is 0 Å². The highest BCUT2D eigenvalue weighted by Crippen LogP contribution is 2.37. The summed E-state index contributed by atoms with van der Waals surface area (Å²) >= 11 is 0. The molecule has 0 aliphatic rings. The Bertz CT molecular complexity index is 1300. The molecule has 0 unspecified atom stereocenters. The van der Waals surface area contributed by atoms with Crippen molar-refractivity contribution >= 4 is 16.8 Å². The van der Waals surface area contributed by atoms with Crippen LogP contribution < -0.4 is 15.8 Å². The number of nitrogens with two attached hydrogens (primary N) is 1. The van der Waals surface area contributed by atoms with E-state index in [9.17, 15) is 18.0 Å². The molecule has 1 aromatic carbocycles. The first kappa shape index (κ1) is 22.3. The van der Waals surface area contributed by atoms with Gasteiger partial charge < -0.3 is 24.6 Å². The monoisotopic (exact) mass is 460 g/mol. The Balaban J connectivity index is 1.78. The van der Waals surface area contributed by atoms with Crippen LogP contribution >= 0.6 is 0 Å². The molecule has 11 heteroatoms. The second-order valence-corrected chi connectivity index (χ2v) is 7.24. The van der Waals surface area contributed by atoms with Gasteiger partial charge in [0.1, 0.15) is 17.0 Å². The maximum atomic E-state index is 13.2. The number of nitrogens with one attached hydrogen (secondary N) is 1. The largest absolute Gasteiger partial charge is 0.494 e. The summed E-state index contributed by atoms with van der Waals surface area (Å²) in [5, 5.41) is 3.02. The van der Waals surface area contributed by atoms with Crippen molar-refractivity contribution in [2.45, 2.75) is 25.7 Å². The van der Waals surface area contributed by atoms with E-state index in [1.807, 2.05) is 0 Å². The van der Waals surface area contributed by atoms with Gasteiger partial charge in [0, 0.05) is 23.1 Å². The predicted octanol–water partition coefficient (Wildman–Crippen LogP) is 4.46. The zero-order valence-corrected chi connectivity index (χ0v) is 17.6. The number of alkyl halides is 3. The van der Waals surface area contributed by atoms with Crippen molar-refractivity contribution in [1.82, 2.24) is 15.3 Å². The number of hydrogen-bond donors (Lipinski definition) is 2. The summed E-state index contributed by atoms with van der Waals surface area (Å²) < 4.78 is 55.5. The summed E-state index contributed by atoms with van der Waals surface area (Å²) in [6.07, 6.45) is -1.65. The number of hydrogen-bond acceptors (Lipinski definition) is 7. The highest BCUT2D eigenvalue weighted by atomic mass is 19.4. The molecule has 0 saturated carbocycles. The number of furan rings is 1. The smallest absolute Gasteiger partial charge is 0.433 e. The number of carbonyl (C=O) groups excluding carboxylic acids is 1. The summed E-state index contributed by atoms with van der Waals surface area (Å²) in [5.74, 6) is -0.214. The van der Waals surface area contributed by atoms with E-state index in [-0.39, 0.29) is 35.2 Å². The van der Waals surface area contributed by atoms with Crippen LogP contribution in [-0.4, -0.2) is 23.0 Å². The summed E-state index contributed by atoms with van der Waals surface area (Å²) in [6.45, 7) is 1.83. The van der Waals surface area contributed by atoms with E-state index in [4.69, 9.17) is 19.3 Å². The lowest BCUT2D eigenvalue weighted by molar-refractivity contribution is -0.140. The number of rotatable bonds is 6. The SMILES string of the molecule is COc1ccc(-c2nc(C(=O)NCc3ccoc3)c([C@H](C)N)o2)c2ccc(C(F)(F)F)nc12. The van der Waals surface area contributed by atoms with Crippen LogP contribution in [0, 0.1) is 0 Å². The first-order valence-corrected chi connectivity index (χ1v) is 9.80. The van der Waals surface area contributed by atoms with E-state index in [1.165, 1.54) is 31.8 Å². The highest BCUT2D eigenvalue weighted by molar-refractivity contribution is 5.98. The van der Waals surface area contributed by atoms with Crippen molar-refractivity contribution in [2.24, 2.45) is 5.73 Å². The van der Waals surface area contributed by atoms with Gasteiger partial charge in [-0.25, -0.2) is 9.97 Å². The second-order valence-electron chi connectivity index (χ2n) is 7.24. The minimum atomic E-state index is -4.62. The normalized spacial score (nSPS) is 12.7. The summed E-state index contributed by atoms with van der Waals surface area (Å²) in [4.78, 5) is 20.8. The minimum Gasteiger partial charge on any atom is -0.494 e. The van der Waals surface area contributed by atoms with Crippen LogP contribution in [0.1, 0.15) is 40.5 Å². The van der Waals surface area contributed by atoms with Gasteiger partial charge in [-0.15, -0.1) is 0 Å². The number of amides is 1. The van der Waals surface area contributed by atoms with Gasteiger partial charge in [-0.3, -0.25) is 4.79 Å². The van der Waals surface area contributed by atoms with Gasteiger partial charge in [-0.05, 0) is 37.3 Å². The topological polar surface area (TPSA) is 116 Å². The minimum absolute atomic E-state index is 0.0173. The van der Waals surface area contributed by atoms with E-state index in [2.05, 4.69) is 15.3 Å². The lowest BCUT2D eigenvalue weighted by atomic mass is 10.1. The number of pyridine rings is 1. The summed E-state index contributed by atoms with van der Waals surface area (Å²) in [6, 6.07) is 6.18. The average Bonchev–Trinajstić information content (AvgIpc) is 3.46. The van der Waals surface area contributed by atoms with Crippen LogP contribution in [0.3, 0.4) is 0 Å². The third kappa shape index (κ3) is 4.40. The molecule has 0 aliphatic heterocycles. The maximum Gasteiger partial charge on any atom is 0.433 e. The number of carbonyl (C=O) groups is 1. The first-order valence-electron chi connectivity index (χ1n) is 9.80. The molecule has 172 valence electrons. The van der Waals surface area contributed by atoms with E-state index in [0.717, 1.165) is 11.6 Å². The van der Waals surface area contributed by atoms with Crippen LogP contribution in [-0.2, 0) is 12.7 Å². The molecule has 0 bridgehead atoms. The predicted molar refractivity (Wildman–Crippen MR) is 111 cm³/mol. The number of benzene rings is 1. The Morgan fingerprint density at radius 3 is 2.64 bits per heavy atom. The van der Waals surface area contributed by atoms with Gasteiger partial charge >= 0.3 is 6.18 Å². The van der Waals surface area contributed by atoms with Crippen molar-refractivity contribution < 1.29 is 31.5 Å². The lowest BCUT2D eigenvalue weighted by Crippen LogP contribution is -2.25. The zero-order valence-electron chi connectivity index (χ0n) is 17.6. The summed E-state index contributed by atoms with van der Waals surface area (Å²) in [5.41, 5.74) is 5.96. The number of nitrogens with zero attached hydrogens (tertiary/aromatic N) is 2. The highest BCUT2D eigenvalue weighted by Gasteiger charge is 2.33. The van der Waals surface area contributed by atoms with E-state index >= 15 is 0 Å². The second kappa shape index (κ2) is 8.58. The molecular weight excluding hydrogens is 441 g/mol. The van der Waals surface area contributed by atoms with Crippen molar-refractivity contribution in [1.29, 1.82) is 0 Å². The Kier molecular flexibility index (Phi) is 5.81. The van der Waals surface area contributed by atoms with Crippen molar-refractivity contribution in [3.63, 3.8) is 0 Å². The Morgan fingerprint density at radius 1 is 1.21 bits per heavy atom. The third-order valence-electron chi connectivity index (χ3n) is 4.88. The van der Waals surface area contributed by atoms with Crippen molar-refractivity contribution in [3.05, 3.63) is 65.6 Å². The number of fused-ring (bicyclic) bond motifs is 1. The van der Waals surface area contributed by atoms with E-state index < -0.39 is 23.8 Å². The first-order chi connectivity index (χ1) is 15.7. The number of methoxy groups -OCH3 is 1. The van der Waals surface area contributed by atoms with Gasteiger partial charge in [0.05, 0.1) is 25.7 Å². The molecule has 3 N–H and O–H groups in total. The fourth-order valence-corrected chi connectivity index (χ4v) is 3.28. The Labute approximate surface area is 185 Å². The van der Waals surface area contributed by atoms with Gasteiger partial charge in [0.15, 0.2) is 11.5 Å². The van der Waals surface area contributed by atoms with Crippen molar-refractivity contribution in [2.75, 3.05) is 7.11 Å². The molecule has 4 aromatic rings. The molecule has 0 spiro atoms. The molecule has 1 amide bonds. The van der Waals surface area contributed by atoms with Crippen molar-refractivity contribution in [3.8, 4) is 17.2 Å². The van der Waals surface area contributed by atoms with Crippen LogP contribution in [0.15, 0.2) is 51.7 Å². The molecule has 4 rings (SSSR count). The number of halogens is 3. The molecule has 0 radical (unpaired) electrons. The Hall–Kier alpha value is -3.86. The molecule has 33 heavy (non-hydrogen) atoms. The van der Waals surface area contributed by atoms with Crippen LogP contribution in [0.5, 0.6) is 5.75 Å². The molecule has 0 fully saturated rings. The molecule has 0 aliphatic carbocycles. The van der Waals surface area contributed by atoms with Gasteiger partial charge in [-0.1, -0.05) is 0 Å². The number of oxazole rings is 1. The molecule has 1 atom stereocenters. The van der Waals surface area contributed by atoms with Gasteiger partial charge in [0.2, 0.25) is 5.89 Å². The molecule has 0 saturated heterocycles. The standard InChI is InChI=1S/C22H19F3N4O4/c1-11(26)19-18(20(30)27-9-12-7-8-32-10-12)29-21(33-19)14-3-5-15(31-2)17-13(14)4-6-16(28-17)22(23,24)25/h3-8,10-11H,9,26H2,1-2H3,(H,27,30)/t11-/m0/s1. The maximum absolute atomic E-state index is 13.2. The molecule has 3 heterocycles. The number of ether oxygens (including phenoxy) is 1. The van der Waals surface area contributed by atoms with E-state index in [0.29, 0.717) is 10.9 Å². The Morgan fingerprint density at radius 2 is 2.00 bits per heavy atom. The zero-order chi connectivity index (χ0) is 23.8. The van der Waals surface area contributed by atoms with Crippen LogP contribution in [0.4, 0.5) is 13.2 Å². The third-order valence-corrected chi connectivity index (χ3v) is 4.88. The number of aromatic nitrogens is 2. The summed E-state index contributed by atoms with van der Waals surface area (Å²) in [7, 11) is 1.33. The quantitative estimate of drug-likeness (QED) is 0.436. The lowest BCUT2D eigenvalue weighted by Gasteiger charge is -2.11. The van der Waals surface area contributed by atoms with Crippen LogP contribution in [0.25, 0.3) is 22.4 Å². The van der Waals surface area contributed by atoms with E-state index in [1.54, 1.807) is 19.1 Å². The fourth-order valence-electron chi connectivity index (χ4n) is 3.28. The average molecular weight is 460 g/mol. The molecule has 3 aromatic heterocycles. The molecular formula is C22H19F3N4O4. The molecule has 8 nitrogen and oxygen atoms in total.